The molecule has 0 amide bonds. The Hall–Kier alpha value is -2.12. The number of hydrogen-bond donors (Lipinski definition) is 3. The minimum absolute atomic E-state index is 0.0158. The van der Waals surface area contributed by atoms with E-state index in [0.717, 1.165) is 5.56 Å². The van der Waals surface area contributed by atoms with Crippen LogP contribution in [0.15, 0.2) is 41.6 Å². The maximum absolute atomic E-state index is 12.2. The Morgan fingerprint density at radius 2 is 2.10 bits per heavy atom. The van der Waals surface area contributed by atoms with Crippen LogP contribution in [0.25, 0.3) is 0 Å². The number of aromatic carboxylic acids is 1. The minimum Gasteiger partial charge on any atom is -0.478 e. The fourth-order valence-corrected chi connectivity index (χ4v) is 3.00. The third-order valence-corrected chi connectivity index (χ3v) is 4.53. The summed E-state index contributed by atoms with van der Waals surface area (Å²) in [6, 6.07) is 5.91. The van der Waals surface area contributed by atoms with Crippen molar-refractivity contribution in [2.75, 3.05) is 0 Å². The van der Waals surface area contributed by atoms with E-state index in [9.17, 15) is 13.2 Å². The van der Waals surface area contributed by atoms with Crippen molar-refractivity contribution in [3.8, 4) is 0 Å². The molecule has 1 heterocycles. The fraction of sp³-hybridized carbons (Fsp3) is 0.214. The highest BCUT2D eigenvalue weighted by Crippen LogP contribution is 2.17. The molecule has 3 N–H and O–H groups in total. The fourth-order valence-electron chi connectivity index (χ4n) is 1.96. The highest BCUT2D eigenvalue weighted by atomic mass is 32.2. The third-order valence-electron chi connectivity index (χ3n) is 3.13. The summed E-state index contributed by atoms with van der Waals surface area (Å²) in [5.74, 6) is -1.13. The minimum atomic E-state index is -3.74. The van der Waals surface area contributed by atoms with Gasteiger partial charge in [0.1, 0.15) is 0 Å². The number of carboxylic acids is 1. The largest absolute Gasteiger partial charge is 0.478 e. The van der Waals surface area contributed by atoms with Gasteiger partial charge in [0.15, 0.2) is 0 Å². The lowest BCUT2D eigenvalue weighted by Gasteiger charge is -2.09. The summed E-state index contributed by atoms with van der Waals surface area (Å²) in [5.41, 5.74) is 1.41. The van der Waals surface area contributed by atoms with Crippen molar-refractivity contribution >= 4 is 16.0 Å². The van der Waals surface area contributed by atoms with Gasteiger partial charge in [-0.05, 0) is 35.7 Å². The molecule has 0 atom stereocenters. The molecule has 2 aromatic rings. The molecule has 0 unspecified atom stereocenters. The van der Waals surface area contributed by atoms with Gasteiger partial charge in [-0.2, -0.15) is 0 Å². The summed E-state index contributed by atoms with van der Waals surface area (Å²) in [6.07, 6.45) is 3.91. The van der Waals surface area contributed by atoms with Crippen LogP contribution in [0.3, 0.4) is 0 Å². The molecule has 2 rings (SSSR count). The van der Waals surface area contributed by atoms with Crippen LogP contribution in [0.4, 0.5) is 0 Å². The number of aromatic amines is 1. The monoisotopic (exact) mass is 308 g/mol. The van der Waals surface area contributed by atoms with Crippen LogP contribution >= 0.6 is 0 Å². The first kappa shape index (κ1) is 15.3. The standard InChI is InChI=1S/C14H16N2O4S/c1-2-11-3-4-12(7-13(11)14(17)18)21(19,20)16-9-10-5-6-15-8-10/h3-8,15-16H,2,9H2,1H3,(H,17,18). The van der Waals surface area contributed by atoms with Crippen molar-refractivity contribution in [2.45, 2.75) is 24.8 Å². The smallest absolute Gasteiger partial charge is 0.336 e. The average Bonchev–Trinajstić information content (AvgIpc) is 2.97. The second-order valence-electron chi connectivity index (χ2n) is 4.52. The number of hydrogen-bond acceptors (Lipinski definition) is 3. The van der Waals surface area contributed by atoms with Crippen molar-refractivity contribution in [2.24, 2.45) is 0 Å². The molecule has 1 aromatic heterocycles. The molecule has 6 nitrogen and oxygen atoms in total. The van der Waals surface area contributed by atoms with Gasteiger partial charge in [-0.15, -0.1) is 0 Å². The molecule has 21 heavy (non-hydrogen) atoms. The normalized spacial score (nSPS) is 11.5. The molecular formula is C14H16N2O4S. The van der Waals surface area contributed by atoms with E-state index in [0.29, 0.717) is 12.0 Å². The molecule has 0 bridgehead atoms. The molecule has 0 saturated heterocycles. The molecule has 0 spiro atoms. The van der Waals surface area contributed by atoms with E-state index in [1.54, 1.807) is 18.5 Å². The van der Waals surface area contributed by atoms with Gasteiger partial charge in [-0.3, -0.25) is 0 Å². The molecule has 0 aliphatic heterocycles. The van der Waals surface area contributed by atoms with Crippen molar-refractivity contribution in [1.29, 1.82) is 0 Å². The van der Waals surface area contributed by atoms with Crippen LogP contribution in [0.1, 0.15) is 28.4 Å². The summed E-state index contributed by atoms with van der Waals surface area (Å²) in [5, 5.41) is 9.15. The first-order chi connectivity index (χ1) is 9.94. The molecule has 1 aromatic carbocycles. The van der Waals surface area contributed by atoms with Gasteiger partial charge in [0.25, 0.3) is 0 Å². The van der Waals surface area contributed by atoms with Gasteiger partial charge in [0, 0.05) is 18.9 Å². The van der Waals surface area contributed by atoms with Gasteiger partial charge in [0.05, 0.1) is 10.5 Å². The quantitative estimate of drug-likeness (QED) is 0.757. The molecule has 0 fully saturated rings. The van der Waals surface area contributed by atoms with E-state index in [2.05, 4.69) is 9.71 Å². The Labute approximate surface area is 122 Å². The van der Waals surface area contributed by atoms with E-state index in [1.165, 1.54) is 18.2 Å². The van der Waals surface area contributed by atoms with Crippen molar-refractivity contribution < 1.29 is 18.3 Å². The predicted octanol–water partition coefficient (Wildman–Crippen LogP) is 1.75. The molecule has 112 valence electrons. The maximum atomic E-state index is 12.2. The number of nitrogens with one attached hydrogen (secondary N) is 2. The van der Waals surface area contributed by atoms with Crippen molar-refractivity contribution in [1.82, 2.24) is 9.71 Å². The zero-order chi connectivity index (χ0) is 15.5. The number of aryl methyl sites for hydroxylation is 1. The Morgan fingerprint density at radius 1 is 1.33 bits per heavy atom. The number of benzene rings is 1. The van der Waals surface area contributed by atoms with Crippen LogP contribution in [0.5, 0.6) is 0 Å². The van der Waals surface area contributed by atoms with Crippen LogP contribution in [-0.4, -0.2) is 24.5 Å². The Balaban J connectivity index is 2.27. The summed E-state index contributed by atoms with van der Waals surface area (Å²) in [7, 11) is -3.74. The van der Waals surface area contributed by atoms with E-state index in [1.807, 2.05) is 6.92 Å². The molecule has 0 saturated carbocycles. The second kappa shape index (κ2) is 6.11. The highest BCUT2D eigenvalue weighted by molar-refractivity contribution is 7.89. The number of rotatable bonds is 6. The van der Waals surface area contributed by atoms with Crippen LogP contribution in [0.2, 0.25) is 0 Å². The van der Waals surface area contributed by atoms with Crippen molar-refractivity contribution in [3.05, 3.63) is 53.3 Å². The Morgan fingerprint density at radius 3 is 2.67 bits per heavy atom. The van der Waals surface area contributed by atoms with Gasteiger partial charge in [-0.1, -0.05) is 13.0 Å². The van der Waals surface area contributed by atoms with Gasteiger partial charge in [-0.25, -0.2) is 17.9 Å². The summed E-state index contributed by atoms with van der Waals surface area (Å²) >= 11 is 0. The zero-order valence-corrected chi connectivity index (χ0v) is 12.3. The molecule has 0 aliphatic carbocycles. The molecule has 0 radical (unpaired) electrons. The number of H-pyrrole nitrogens is 1. The van der Waals surface area contributed by atoms with E-state index in [4.69, 9.17) is 5.11 Å². The molecule has 0 aliphatic rings. The average molecular weight is 308 g/mol. The lowest BCUT2D eigenvalue weighted by Crippen LogP contribution is -2.23. The van der Waals surface area contributed by atoms with E-state index in [-0.39, 0.29) is 17.0 Å². The van der Waals surface area contributed by atoms with E-state index >= 15 is 0 Å². The van der Waals surface area contributed by atoms with Crippen molar-refractivity contribution in [3.63, 3.8) is 0 Å². The number of sulfonamides is 1. The SMILES string of the molecule is CCc1ccc(S(=O)(=O)NCc2cc[nH]c2)cc1C(=O)O. The first-order valence-corrected chi connectivity index (χ1v) is 7.90. The second-order valence-corrected chi connectivity index (χ2v) is 6.29. The third kappa shape index (κ3) is 3.50. The lowest BCUT2D eigenvalue weighted by molar-refractivity contribution is 0.0695. The Bertz CT molecular complexity index is 736. The zero-order valence-electron chi connectivity index (χ0n) is 11.5. The van der Waals surface area contributed by atoms with Gasteiger partial charge < -0.3 is 10.1 Å². The molecular weight excluding hydrogens is 292 g/mol. The Kier molecular flexibility index (Phi) is 4.44. The van der Waals surface area contributed by atoms with E-state index < -0.39 is 16.0 Å². The highest BCUT2D eigenvalue weighted by Gasteiger charge is 2.18. The maximum Gasteiger partial charge on any atom is 0.336 e. The van der Waals surface area contributed by atoms with Crippen LogP contribution < -0.4 is 4.72 Å². The summed E-state index contributed by atoms with van der Waals surface area (Å²) < 4.78 is 26.8. The summed E-state index contributed by atoms with van der Waals surface area (Å²) in [6.45, 7) is 1.96. The summed E-state index contributed by atoms with van der Waals surface area (Å²) in [4.78, 5) is 14.0. The number of carbonyl (C=O) groups is 1. The lowest BCUT2D eigenvalue weighted by atomic mass is 10.1. The number of aromatic nitrogens is 1. The number of carboxylic acid groups (broad SMARTS) is 1. The predicted molar refractivity (Wildman–Crippen MR) is 77.6 cm³/mol. The van der Waals surface area contributed by atoms with Gasteiger partial charge >= 0.3 is 5.97 Å². The molecule has 7 heteroatoms. The topological polar surface area (TPSA) is 99.3 Å². The van der Waals surface area contributed by atoms with Crippen LogP contribution in [0, 0.1) is 0 Å². The van der Waals surface area contributed by atoms with Crippen LogP contribution in [-0.2, 0) is 23.0 Å². The van der Waals surface area contributed by atoms with Gasteiger partial charge in [0.2, 0.25) is 10.0 Å². The first-order valence-electron chi connectivity index (χ1n) is 6.41.